The van der Waals surface area contributed by atoms with E-state index in [9.17, 15) is 0 Å². The Morgan fingerprint density at radius 3 is 1.11 bits per heavy atom. The summed E-state index contributed by atoms with van der Waals surface area (Å²) in [6.45, 7) is 26.5. The molecule has 0 atom stereocenters. The molecule has 0 N–H and O–H groups in total. The maximum absolute atomic E-state index is 7.50. The van der Waals surface area contributed by atoms with Crippen LogP contribution in [0.15, 0.2) is 11.6 Å². The summed E-state index contributed by atoms with van der Waals surface area (Å²) in [5, 5.41) is 0. The zero-order valence-electron chi connectivity index (χ0n) is 9.94. The molecule has 0 amide bonds. The number of rotatable bonds is 2. The van der Waals surface area contributed by atoms with Crippen LogP contribution < -0.4 is 0 Å². The minimum absolute atomic E-state index is 0.838. The number of allylic oxidation sites excluding steroid dienone is 1. The normalized spacial score (nSPS) is 4.28. The van der Waals surface area contributed by atoms with E-state index in [0.717, 1.165) is 4.57 Å². The van der Waals surface area contributed by atoms with Gasteiger partial charge in [0.25, 0.3) is 0 Å². The quantitative estimate of drug-likeness (QED) is 0.550. The van der Waals surface area contributed by atoms with E-state index in [0.29, 0.717) is 0 Å². The van der Waals surface area contributed by atoms with E-state index in [1.807, 2.05) is 19.9 Å². The Bertz CT molecular complexity index is 243. The number of hydrogen-bond acceptors (Lipinski definition) is 1. The van der Waals surface area contributed by atoms with Crippen molar-refractivity contribution in [2.75, 3.05) is 7.11 Å². The van der Waals surface area contributed by atoms with Crippen LogP contribution in [0.3, 0.4) is 0 Å². The van der Waals surface area contributed by atoms with Crippen LogP contribution in [0.1, 0.15) is 13.8 Å². The molecule has 6 nitrogen and oxygen atoms in total. The van der Waals surface area contributed by atoms with Gasteiger partial charge in [0.15, 0.2) is 0 Å². The first kappa shape index (κ1) is 36.0. The topological polar surface area (TPSA) is 109 Å². The maximum atomic E-state index is 7.50. The van der Waals surface area contributed by atoms with Crippen molar-refractivity contribution in [2.24, 2.45) is 0 Å². The van der Waals surface area contributed by atoms with Crippen LogP contribution >= 0.6 is 0 Å². The predicted octanol–water partition coefficient (Wildman–Crippen LogP) is 1.09. The molecule has 0 saturated carbocycles. The number of ether oxygens (including phenoxy) is 1. The molecule has 0 fully saturated rings. The molecule has 0 rings (SSSR count). The molecule has 0 heterocycles. The van der Waals surface area contributed by atoms with Crippen molar-refractivity contribution in [1.82, 2.24) is 0 Å². The fraction of sp³-hybridized carbons (Fsp3) is 0.273. The van der Waals surface area contributed by atoms with E-state index in [4.69, 9.17) is 28.0 Å². The summed E-state index contributed by atoms with van der Waals surface area (Å²) in [4.78, 5) is 0. The Morgan fingerprint density at radius 2 is 1.06 bits per heavy atom. The molecule has 0 aromatic carbocycles. The Morgan fingerprint density at radius 1 is 0.833 bits per heavy atom. The van der Waals surface area contributed by atoms with Gasteiger partial charge in [-0.15, -0.1) is 0 Å². The summed E-state index contributed by atoms with van der Waals surface area (Å²) < 4.78 is 43.2. The van der Waals surface area contributed by atoms with E-state index < -0.39 is 0 Å². The second-order valence-corrected chi connectivity index (χ2v) is 2.37. The first-order chi connectivity index (χ1) is 8.66. The molecule has 0 unspecified atom stereocenters. The van der Waals surface area contributed by atoms with E-state index in [1.165, 1.54) is 5.57 Å². The molecule has 0 aliphatic rings. The van der Waals surface area contributed by atoms with Crippen molar-refractivity contribution < 1.29 is 43.8 Å². The van der Waals surface area contributed by atoms with Crippen LogP contribution in [0.2, 0.25) is 0 Å². The van der Waals surface area contributed by atoms with Gasteiger partial charge in [-0.3, -0.25) is 0 Å². The van der Waals surface area contributed by atoms with Crippen molar-refractivity contribution >= 4 is 4.57 Å². The molecule has 0 aromatic rings. The third kappa shape index (κ3) is 122. The summed E-state index contributed by atoms with van der Waals surface area (Å²) in [5.74, 6) is 0. The van der Waals surface area contributed by atoms with Gasteiger partial charge >= 0.3 is 114 Å². The van der Waals surface area contributed by atoms with E-state index in [2.05, 4.69) is 49.1 Å². The molecule has 0 aromatic heterocycles. The van der Waals surface area contributed by atoms with Crippen molar-refractivity contribution in [3.8, 4) is 0 Å². The molecule has 0 spiro atoms. The molecule has 0 aliphatic heterocycles. The van der Waals surface area contributed by atoms with Gasteiger partial charge in [0.2, 0.25) is 0 Å². The summed E-state index contributed by atoms with van der Waals surface area (Å²) in [7, 11) is 1.64. The van der Waals surface area contributed by atoms with Gasteiger partial charge in [0.1, 0.15) is 0 Å². The first-order valence-corrected chi connectivity index (χ1v) is 4.05. The van der Waals surface area contributed by atoms with Crippen molar-refractivity contribution in [1.29, 1.82) is 0 Å². The summed E-state index contributed by atoms with van der Waals surface area (Å²) in [6, 6.07) is 0. The van der Waals surface area contributed by atoms with Crippen LogP contribution in [-0.2, 0) is 43.8 Å². The molecule has 0 bridgehead atoms. The van der Waals surface area contributed by atoms with Gasteiger partial charge in [0.05, 0.1) is 0 Å². The second kappa shape index (κ2) is 74.8. The average Bonchev–Trinajstić information content (AvgIpc) is 2.49. The molecule has 18 heavy (non-hydrogen) atoms. The summed E-state index contributed by atoms with van der Waals surface area (Å²) in [6.07, 6.45) is 1.94. The van der Waals surface area contributed by atoms with Crippen LogP contribution in [0.4, 0.5) is 0 Å². The Balaban J connectivity index is -0.0000000304. The zero-order valence-corrected chi connectivity index (χ0v) is 11.2. The Labute approximate surface area is 115 Å². The summed E-state index contributed by atoms with van der Waals surface area (Å²) in [5.41, 5.74) is 1.24. The van der Waals surface area contributed by atoms with Gasteiger partial charge in [0, 0.05) is 0 Å². The third-order valence-electron chi connectivity index (χ3n) is 0.608. The Hall–Kier alpha value is -1.20. The molecule has 0 aliphatic carbocycles. The first-order valence-electron chi connectivity index (χ1n) is 3.41. The SMILES string of the molecule is CO[C](=[Cr])C=C(C)C.[C-]#[O+].[C-]#[O+].[C-]#[O+].[C-]#[O+].[C-]#[O+]. The monoisotopic (exact) mass is 290 g/mol. The molecule has 96 valence electrons. The Kier molecular flexibility index (Phi) is 149. The van der Waals surface area contributed by atoms with Gasteiger partial charge < -0.3 is 0 Å². The van der Waals surface area contributed by atoms with Crippen molar-refractivity contribution in [3.63, 3.8) is 0 Å². The minimum atomic E-state index is 0.838. The fourth-order valence-corrected chi connectivity index (χ4v) is 0.663. The van der Waals surface area contributed by atoms with Crippen LogP contribution in [-0.4, -0.2) is 11.7 Å². The number of methoxy groups -OCH3 is 1. The van der Waals surface area contributed by atoms with E-state index in [-0.39, 0.29) is 0 Å². The molecule has 0 radical (unpaired) electrons. The predicted molar refractivity (Wildman–Crippen MR) is 51.1 cm³/mol. The molecular formula is C11H10CrO6. The van der Waals surface area contributed by atoms with Gasteiger partial charge in [-0.1, -0.05) is 0 Å². The summed E-state index contributed by atoms with van der Waals surface area (Å²) >= 11 is 2.78. The number of hydrogen-bond donors (Lipinski definition) is 0. The zero-order chi connectivity index (χ0) is 16.6. The van der Waals surface area contributed by atoms with Gasteiger partial charge in [-0.05, 0) is 0 Å². The van der Waals surface area contributed by atoms with E-state index >= 15 is 0 Å². The average molecular weight is 290 g/mol. The van der Waals surface area contributed by atoms with Crippen LogP contribution in [0, 0.1) is 33.3 Å². The van der Waals surface area contributed by atoms with Gasteiger partial charge in [-0.25, -0.2) is 0 Å². The van der Waals surface area contributed by atoms with Gasteiger partial charge in [-0.2, -0.15) is 0 Å². The standard InChI is InChI=1S/C6H10O.5CO.Cr/c1-6(2)4-5-7-3;5*1-2;/h4H,1-3H3;;;;;;. The fourth-order valence-electron chi connectivity index (χ4n) is 0.295. The van der Waals surface area contributed by atoms with Crippen molar-refractivity contribution in [3.05, 3.63) is 44.9 Å². The van der Waals surface area contributed by atoms with Crippen LogP contribution in [0.5, 0.6) is 0 Å². The van der Waals surface area contributed by atoms with Crippen LogP contribution in [0.25, 0.3) is 0 Å². The molecule has 7 heteroatoms. The van der Waals surface area contributed by atoms with Crippen molar-refractivity contribution in [2.45, 2.75) is 13.8 Å². The molecular weight excluding hydrogens is 280 g/mol. The second-order valence-electron chi connectivity index (χ2n) is 1.74. The molecule has 0 saturated heterocycles. The van der Waals surface area contributed by atoms with E-state index in [1.54, 1.807) is 7.11 Å². The third-order valence-corrected chi connectivity index (χ3v) is 1.05.